The van der Waals surface area contributed by atoms with Crippen molar-refractivity contribution in [1.29, 1.82) is 0 Å². The van der Waals surface area contributed by atoms with E-state index in [9.17, 15) is 0 Å². The Kier molecular flexibility index (Phi) is 20.5. The highest BCUT2D eigenvalue weighted by Crippen LogP contribution is 2.60. The number of halogens is 1. The van der Waals surface area contributed by atoms with E-state index in [1.54, 1.807) is 24.6 Å². The average molecular weight is 351 g/mol. The molecule has 0 aliphatic carbocycles. The van der Waals surface area contributed by atoms with Crippen molar-refractivity contribution in [3.63, 3.8) is 0 Å². The first kappa shape index (κ1) is 25.0. The monoisotopic (exact) mass is 350 g/mol. The molecule has 22 heavy (non-hydrogen) atoms. The first-order valence-electron chi connectivity index (χ1n) is 10.1. The van der Waals surface area contributed by atoms with E-state index in [4.69, 9.17) is 0 Å². The SMILES string of the molecule is CCCCCCCCCCC[P+](CCC)(CCC)CCC.[Cl-]. The summed E-state index contributed by atoms with van der Waals surface area (Å²) in [5.41, 5.74) is 0. The van der Waals surface area contributed by atoms with Crippen molar-refractivity contribution in [3.05, 3.63) is 0 Å². The Bertz CT molecular complexity index is 189. The second kappa shape index (κ2) is 18.1. The Balaban J connectivity index is 0. The number of rotatable bonds is 16. The first-order valence-corrected chi connectivity index (χ1v) is 12.6. The maximum atomic E-state index is 2.40. The van der Waals surface area contributed by atoms with Gasteiger partial charge in [0.2, 0.25) is 0 Å². The quantitative estimate of drug-likeness (QED) is 0.278. The van der Waals surface area contributed by atoms with Crippen LogP contribution in [0.15, 0.2) is 0 Å². The Morgan fingerprint density at radius 1 is 0.409 bits per heavy atom. The molecule has 0 aromatic rings. The fraction of sp³-hybridized carbons (Fsp3) is 1.00. The fourth-order valence-corrected chi connectivity index (χ4v) is 8.93. The lowest BCUT2D eigenvalue weighted by Gasteiger charge is -2.27. The van der Waals surface area contributed by atoms with E-state index in [1.807, 2.05) is 0 Å². The standard InChI is InChI=1S/C20H44P.ClH/c1-5-9-10-11-12-13-14-15-16-20-21(17-6-2,18-7-3)19-8-4;/h5-20H2,1-4H3;1H/q+1;/p-1. The molecule has 0 bridgehead atoms. The van der Waals surface area contributed by atoms with Gasteiger partial charge < -0.3 is 12.4 Å². The lowest BCUT2D eigenvalue weighted by Crippen LogP contribution is -3.00. The molecule has 0 unspecified atom stereocenters. The molecular formula is C20H44ClP. The van der Waals surface area contributed by atoms with E-state index in [-0.39, 0.29) is 12.4 Å². The molecule has 0 radical (unpaired) electrons. The zero-order chi connectivity index (χ0) is 15.8. The third-order valence-corrected chi connectivity index (χ3v) is 10.3. The first-order chi connectivity index (χ1) is 10.2. The molecule has 0 aliphatic rings. The minimum absolute atomic E-state index is 0. The van der Waals surface area contributed by atoms with Crippen LogP contribution in [0, 0.1) is 0 Å². The van der Waals surface area contributed by atoms with Crippen LogP contribution in [0.1, 0.15) is 105 Å². The van der Waals surface area contributed by atoms with Gasteiger partial charge in [-0.1, -0.05) is 72.6 Å². The Hall–Kier alpha value is 0.720. The van der Waals surface area contributed by atoms with E-state index < -0.39 is 7.26 Å². The molecule has 0 atom stereocenters. The van der Waals surface area contributed by atoms with Gasteiger partial charge in [-0.15, -0.1) is 0 Å². The van der Waals surface area contributed by atoms with E-state index >= 15 is 0 Å². The molecule has 0 nitrogen and oxygen atoms in total. The van der Waals surface area contributed by atoms with Crippen LogP contribution in [0.2, 0.25) is 0 Å². The van der Waals surface area contributed by atoms with Crippen molar-refractivity contribution in [1.82, 2.24) is 0 Å². The summed E-state index contributed by atoms with van der Waals surface area (Å²) in [6, 6.07) is 0. The van der Waals surface area contributed by atoms with E-state index in [0.29, 0.717) is 0 Å². The normalized spacial score (nSPS) is 11.5. The van der Waals surface area contributed by atoms with Crippen molar-refractivity contribution in [2.75, 3.05) is 24.6 Å². The molecule has 0 aromatic heterocycles. The summed E-state index contributed by atoms with van der Waals surface area (Å²) >= 11 is 0. The number of hydrogen-bond acceptors (Lipinski definition) is 0. The van der Waals surface area contributed by atoms with Gasteiger partial charge in [-0.25, -0.2) is 0 Å². The summed E-state index contributed by atoms with van der Waals surface area (Å²) in [4.78, 5) is 0. The summed E-state index contributed by atoms with van der Waals surface area (Å²) < 4.78 is 0. The van der Waals surface area contributed by atoms with Gasteiger partial charge >= 0.3 is 0 Å². The molecule has 0 fully saturated rings. The minimum atomic E-state index is -0.567. The number of unbranched alkanes of at least 4 members (excludes halogenated alkanes) is 8. The van der Waals surface area contributed by atoms with E-state index in [1.165, 1.54) is 77.0 Å². The van der Waals surface area contributed by atoms with Crippen LogP contribution in [0.3, 0.4) is 0 Å². The van der Waals surface area contributed by atoms with Crippen molar-refractivity contribution in [3.8, 4) is 0 Å². The molecular weight excluding hydrogens is 307 g/mol. The summed E-state index contributed by atoms with van der Waals surface area (Å²) in [5.74, 6) is 0. The van der Waals surface area contributed by atoms with Gasteiger partial charge in [-0.3, -0.25) is 0 Å². The molecule has 0 aromatic carbocycles. The maximum Gasteiger partial charge on any atom is 0.0594 e. The van der Waals surface area contributed by atoms with Gasteiger partial charge in [0, 0.05) is 7.26 Å². The van der Waals surface area contributed by atoms with Crippen LogP contribution in [0.25, 0.3) is 0 Å². The van der Waals surface area contributed by atoms with E-state index in [0.717, 1.165) is 0 Å². The predicted octanol–water partition coefficient (Wildman–Crippen LogP) is 4.77. The molecule has 0 amide bonds. The topological polar surface area (TPSA) is 0 Å². The van der Waals surface area contributed by atoms with E-state index in [2.05, 4.69) is 27.7 Å². The molecule has 0 saturated carbocycles. The highest BCUT2D eigenvalue weighted by Gasteiger charge is 2.33. The third kappa shape index (κ3) is 13.2. The summed E-state index contributed by atoms with van der Waals surface area (Å²) in [6.45, 7) is 9.50. The Morgan fingerprint density at radius 3 is 1.14 bits per heavy atom. The zero-order valence-electron chi connectivity index (χ0n) is 16.1. The second-order valence-corrected chi connectivity index (χ2v) is 11.5. The summed E-state index contributed by atoms with van der Waals surface area (Å²) in [6.07, 6.45) is 23.9. The summed E-state index contributed by atoms with van der Waals surface area (Å²) in [5, 5.41) is 0. The van der Waals surface area contributed by atoms with Gasteiger partial charge in [0.25, 0.3) is 0 Å². The zero-order valence-corrected chi connectivity index (χ0v) is 17.8. The van der Waals surface area contributed by atoms with Crippen LogP contribution in [-0.4, -0.2) is 24.6 Å². The maximum absolute atomic E-state index is 2.40. The predicted molar refractivity (Wildman–Crippen MR) is 104 cm³/mol. The summed E-state index contributed by atoms with van der Waals surface area (Å²) in [7, 11) is -0.567. The Labute approximate surface area is 149 Å². The van der Waals surface area contributed by atoms with Crippen molar-refractivity contribution >= 4 is 7.26 Å². The number of hydrogen-bond donors (Lipinski definition) is 0. The van der Waals surface area contributed by atoms with Gasteiger partial charge in [-0.2, -0.15) is 0 Å². The van der Waals surface area contributed by atoms with Crippen molar-refractivity contribution in [2.24, 2.45) is 0 Å². The molecule has 0 spiro atoms. The molecule has 136 valence electrons. The van der Waals surface area contributed by atoms with Crippen LogP contribution < -0.4 is 12.4 Å². The lowest BCUT2D eigenvalue weighted by molar-refractivity contribution is -0.00000494. The highest BCUT2D eigenvalue weighted by molar-refractivity contribution is 7.75. The van der Waals surface area contributed by atoms with Gasteiger partial charge in [0.05, 0.1) is 24.6 Å². The van der Waals surface area contributed by atoms with Gasteiger partial charge in [0.1, 0.15) is 0 Å². The van der Waals surface area contributed by atoms with Crippen LogP contribution in [0.5, 0.6) is 0 Å². The third-order valence-electron chi connectivity index (χ3n) is 4.83. The second-order valence-electron chi connectivity index (χ2n) is 7.06. The highest BCUT2D eigenvalue weighted by atomic mass is 35.5. The fourth-order valence-electron chi connectivity index (χ4n) is 3.85. The van der Waals surface area contributed by atoms with Crippen LogP contribution >= 0.6 is 7.26 Å². The molecule has 2 heteroatoms. The van der Waals surface area contributed by atoms with Crippen molar-refractivity contribution < 1.29 is 12.4 Å². The minimum Gasteiger partial charge on any atom is -1.00 e. The van der Waals surface area contributed by atoms with Crippen molar-refractivity contribution in [2.45, 2.75) is 105 Å². The molecule has 0 saturated heterocycles. The molecule has 0 aliphatic heterocycles. The molecule has 0 rings (SSSR count). The average Bonchev–Trinajstić information content (AvgIpc) is 2.46. The van der Waals surface area contributed by atoms with Crippen LogP contribution in [0.4, 0.5) is 0 Å². The molecule has 0 N–H and O–H groups in total. The Morgan fingerprint density at radius 2 is 0.773 bits per heavy atom. The smallest absolute Gasteiger partial charge is 0.0594 e. The largest absolute Gasteiger partial charge is 1.00 e. The van der Waals surface area contributed by atoms with Gasteiger partial charge in [0.15, 0.2) is 0 Å². The van der Waals surface area contributed by atoms with Crippen LogP contribution in [-0.2, 0) is 0 Å². The van der Waals surface area contributed by atoms with Gasteiger partial charge in [-0.05, 0) is 32.1 Å². The molecule has 0 heterocycles. The lowest BCUT2D eigenvalue weighted by atomic mass is 10.1.